The minimum absolute atomic E-state index is 0.0383. The summed E-state index contributed by atoms with van der Waals surface area (Å²) in [6.45, 7) is 3.78. The molecule has 0 radical (unpaired) electrons. The molecule has 0 fully saturated rings. The molecular weight excluding hydrogens is 509 g/mol. The van der Waals surface area contributed by atoms with Crippen LogP contribution in [-0.2, 0) is 26.4 Å². The van der Waals surface area contributed by atoms with Gasteiger partial charge in [-0.2, -0.15) is 26.3 Å². The van der Waals surface area contributed by atoms with Gasteiger partial charge in [-0.25, -0.2) is 0 Å². The Balaban J connectivity index is 0.00000316. The predicted molar refractivity (Wildman–Crippen MR) is 126 cm³/mol. The van der Waals surface area contributed by atoms with Crippen molar-refractivity contribution in [2.75, 3.05) is 6.61 Å². The molecule has 0 aliphatic rings. The van der Waals surface area contributed by atoms with Gasteiger partial charge >= 0.3 is 18.3 Å². The lowest BCUT2D eigenvalue weighted by atomic mass is 9.85. The Morgan fingerprint density at radius 3 is 1.83 bits per heavy atom. The van der Waals surface area contributed by atoms with Crippen LogP contribution in [0, 0.1) is 5.92 Å². The maximum absolute atomic E-state index is 13.6. The van der Waals surface area contributed by atoms with Gasteiger partial charge in [0.05, 0.1) is 26.9 Å². The molecule has 11 heteroatoms. The highest BCUT2D eigenvalue weighted by atomic mass is 31.0. The van der Waals surface area contributed by atoms with E-state index in [-0.39, 0.29) is 18.1 Å². The van der Waals surface area contributed by atoms with Crippen LogP contribution in [0.3, 0.4) is 0 Å². The molecular formula is C25H29F6O4P. The van der Waals surface area contributed by atoms with Crippen LogP contribution in [0.5, 0.6) is 0 Å². The Morgan fingerprint density at radius 1 is 0.861 bits per heavy atom. The highest BCUT2D eigenvalue weighted by molar-refractivity contribution is 7.00. The van der Waals surface area contributed by atoms with Crippen molar-refractivity contribution in [1.82, 2.24) is 0 Å². The van der Waals surface area contributed by atoms with E-state index in [2.05, 4.69) is 0 Å². The largest absolute Gasteiger partial charge is 0.465 e. The molecule has 2 aromatic carbocycles. The summed E-state index contributed by atoms with van der Waals surface area (Å²) in [5.74, 6) is -4.81. The number of ether oxygens (including phenoxy) is 1. The smallest absolute Gasteiger partial charge is 0.417 e. The highest BCUT2D eigenvalue weighted by Gasteiger charge is 2.45. The summed E-state index contributed by atoms with van der Waals surface area (Å²) >= 11 is 0. The lowest BCUT2D eigenvalue weighted by Crippen LogP contribution is -2.30. The number of rotatable bonds is 10. The molecule has 0 saturated heterocycles. The molecule has 0 heterocycles. The molecule has 200 valence electrons. The first-order valence-electron chi connectivity index (χ1n) is 11.2. The third-order valence-electron chi connectivity index (χ3n) is 5.56. The molecule has 2 rings (SSSR count). The van der Waals surface area contributed by atoms with Gasteiger partial charge in [-0.05, 0) is 30.0 Å². The van der Waals surface area contributed by atoms with E-state index < -0.39 is 46.7 Å². The zero-order valence-electron chi connectivity index (χ0n) is 19.9. The second-order valence-electron chi connectivity index (χ2n) is 7.98. The first-order valence-corrected chi connectivity index (χ1v) is 11.8. The molecule has 0 N–H and O–H groups in total. The number of alkyl halides is 6. The Morgan fingerprint density at radius 2 is 1.39 bits per heavy atom. The van der Waals surface area contributed by atoms with Gasteiger partial charge in [0, 0.05) is 5.56 Å². The second-order valence-corrected chi connectivity index (χ2v) is 7.98. The average Bonchev–Trinajstić information content (AvgIpc) is 2.84. The number of benzene rings is 2. The number of carbonyl (C=O) groups excluding carboxylic acids is 2. The normalized spacial score (nSPS) is 13.3. The number of hydrogen-bond acceptors (Lipinski definition) is 4. The van der Waals surface area contributed by atoms with Crippen LogP contribution >= 0.6 is 9.12 Å². The van der Waals surface area contributed by atoms with Crippen LogP contribution < -0.4 is 0 Å². The van der Waals surface area contributed by atoms with Crippen molar-refractivity contribution in [3.05, 3.63) is 70.8 Å². The highest BCUT2D eigenvalue weighted by Crippen LogP contribution is 2.41. The molecule has 3 atom stereocenters. The molecule has 0 aliphatic carbocycles. The van der Waals surface area contributed by atoms with Crippen molar-refractivity contribution >= 4 is 20.9 Å². The van der Waals surface area contributed by atoms with Crippen LogP contribution in [0.25, 0.3) is 0 Å². The van der Waals surface area contributed by atoms with Gasteiger partial charge in [0.15, 0.2) is 5.78 Å². The van der Waals surface area contributed by atoms with Crippen molar-refractivity contribution in [2.45, 2.75) is 57.8 Å². The van der Waals surface area contributed by atoms with Gasteiger partial charge in [-0.15, -0.1) is 0 Å². The summed E-state index contributed by atoms with van der Waals surface area (Å²) in [5.41, 5.74) is -5.15. The van der Waals surface area contributed by atoms with Gasteiger partial charge in [-0.1, -0.05) is 69.5 Å². The Labute approximate surface area is 207 Å². The fourth-order valence-electron chi connectivity index (χ4n) is 3.66. The van der Waals surface area contributed by atoms with Gasteiger partial charge in [0.25, 0.3) is 0 Å². The van der Waals surface area contributed by atoms with Gasteiger partial charge < -0.3 is 9.30 Å². The third kappa shape index (κ3) is 8.50. The maximum atomic E-state index is 13.6. The fraction of sp³-hybridized carbons (Fsp3) is 0.440. The number of Topliss-reactive ketones (excluding diaryl/α,β-unsaturated/α-hetero) is 1. The van der Waals surface area contributed by atoms with E-state index in [1.165, 1.54) is 24.3 Å². The minimum Gasteiger partial charge on any atom is -0.465 e. The molecule has 0 aliphatic heterocycles. The Kier molecular flexibility index (Phi) is 12.4. The number of hydrogen-bond donors (Lipinski definition) is 0. The Hall–Kier alpha value is -2.61. The van der Waals surface area contributed by atoms with Crippen LogP contribution in [0.1, 0.15) is 72.5 Å². The lowest BCUT2D eigenvalue weighted by Gasteiger charge is -2.22. The number of ketones is 1. The summed E-state index contributed by atoms with van der Waals surface area (Å²) in [7, 11) is 0.611. The quantitative estimate of drug-likeness (QED) is 0.104. The van der Waals surface area contributed by atoms with Crippen molar-refractivity contribution in [1.29, 1.82) is 0 Å². The van der Waals surface area contributed by atoms with E-state index >= 15 is 0 Å². The SMILES string of the molecule is CCCCC(CC)COC(=O)C(C(=O)c1c(C(F)(F)F)cccc1C(F)(F)F)c1ccccc1.O=[PH3]. The van der Waals surface area contributed by atoms with E-state index in [0.29, 0.717) is 33.7 Å². The summed E-state index contributed by atoms with van der Waals surface area (Å²) in [5, 5.41) is 0. The first-order chi connectivity index (χ1) is 16.9. The zero-order valence-corrected chi connectivity index (χ0v) is 21.3. The van der Waals surface area contributed by atoms with Gasteiger partial charge in [-0.3, -0.25) is 9.59 Å². The average molecular weight is 538 g/mol. The van der Waals surface area contributed by atoms with Gasteiger partial charge in [0.1, 0.15) is 5.92 Å². The lowest BCUT2D eigenvalue weighted by molar-refractivity contribution is -0.147. The van der Waals surface area contributed by atoms with Crippen molar-refractivity contribution < 1.29 is 45.2 Å². The fourth-order valence-corrected chi connectivity index (χ4v) is 3.66. The monoisotopic (exact) mass is 538 g/mol. The van der Waals surface area contributed by atoms with Crippen molar-refractivity contribution in [2.24, 2.45) is 5.92 Å². The van der Waals surface area contributed by atoms with E-state index in [0.717, 1.165) is 19.3 Å². The number of carbonyl (C=O) groups is 2. The van der Waals surface area contributed by atoms with Crippen LogP contribution in [-0.4, -0.2) is 18.4 Å². The molecule has 3 unspecified atom stereocenters. The minimum atomic E-state index is -5.25. The number of unbranched alkanes of at least 4 members (excludes halogenated alkanes) is 1. The molecule has 4 nitrogen and oxygen atoms in total. The molecule has 2 aromatic rings. The zero-order chi connectivity index (χ0) is 27.5. The van der Waals surface area contributed by atoms with E-state index in [9.17, 15) is 35.9 Å². The summed E-state index contributed by atoms with van der Waals surface area (Å²) in [6.07, 6.45) is -7.32. The summed E-state index contributed by atoms with van der Waals surface area (Å²) in [4.78, 5) is 26.3. The van der Waals surface area contributed by atoms with Crippen LogP contribution in [0.4, 0.5) is 26.3 Å². The molecule has 0 aromatic heterocycles. The summed E-state index contributed by atoms with van der Waals surface area (Å²) in [6, 6.07) is 8.36. The Bertz CT molecular complexity index is 960. The maximum Gasteiger partial charge on any atom is 0.417 e. The third-order valence-corrected chi connectivity index (χ3v) is 5.56. The van der Waals surface area contributed by atoms with Crippen molar-refractivity contribution in [3.63, 3.8) is 0 Å². The van der Waals surface area contributed by atoms with E-state index in [1.54, 1.807) is 6.07 Å². The molecule has 0 spiro atoms. The second kappa shape index (κ2) is 14.2. The van der Waals surface area contributed by atoms with Gasteiger partial charge in [0.2, 0.25) is 0 Å². The molecule has 0 saturated carbocycles. The van der Waals surface area contributed by atoms with E-state index in [4.69, 9.17) is 9.30 Å². The van der Waals surface area contributed by atoms with Crippen LogP contribution in [0.2, 0.25) is 0 Å². The standard InChI is InChI=1S/C25H26F6O3.H3OP/c1-3-5-10-16(4-2)15-34-23(33)20(17-11-7-6-8-12-17)22(32)21-18(24(26,27)28)13-9-14-19(21)25(29,30)31;1-2/h6-9,11-14,16,20H,3-5,10,15H2,1-2H3;2H3. The van der Waals surface area contributed by atoms with E-state index in [1.807, 2.05) is 13.8 Å². The topological polar surface area (TPSA) is 60.4 Å². The molecule has 36 heavy (non-hydrogen) atoms. The molecule has 0 amide bonds. The van der Waals surface area contributed by atoms with Crippen molar-refractivity contribution in [3.8, 4) is 0 Å². The number of esters is 1. The molecule has 0 bridgehead atoms. The predicted octanol–water partition coefficient (Wildman–Crippen LogP) is 7.39. The summed E-state index contributed by atoms with van der Waals surface area (Å²) < 4.78 is 95.3. The van der Waals surface area contributed by atoms with Crippen LogP contribution in [0.15, 0.2) is 48.5 Å². The first kappa shape index (κ1) is 31.4. The number of halogens is 6.